The molecule has 1 aromatic heterocycles. The van der Waals surface area contributed by atoms with Crippen molar-refractivity contribution in [1.82, 2.24) is 14.8 Å². The number of rotatable bonds is 6. The summed E-state index contributed by atoms with van der Waals surface area (Å²) in [5.41, 5.74) is 4.72. The molecule has 9 rings (SSSR count). The summed E-state index contributed by atoms with van der Waals surface area (Å²) in [6.07, 6.45) is 5.78. The molecule has 12 nitrogen and oxygen atoms in total. The standard InChI is InChI=1S/C43H55N5O7/c1-6-39(52)21-25-22-42(38(51)55-5,33-27(13-17-47(23-25)24-39)26-11-8-9-12-30(26)45-33)29-19-28-31(20-32(29)54-4)46(3)35-41(28)15-18-48-16-10-14-40(7-2,34(41)48)36(49)43(35,53)37(44)50/h8-12,14,19-20,25,34-36,45,49,52-53H,6-7,13,15-18,21-24H2,1-5H3,(H2,44,50)/t25-,34?,35?,36-,39?,40-,41-,42+,43+/m1/s1. The molecule has 1 spiro atoms. The second-order valence-corrected chi connectivity index (χ2v) is 17.5. The number of piperidine rings is 1. The van der Waals surface area contributed by atoms with Crippen LogP contribution < -0.4 is 15.4 Å². The Morgan fingerprint density at radius 2 is 1.82 bits per heavy atom. The van der Waals surface area contributed by atoms with Gasteiger partial charge >= 0.3 is 5.97 Å². The highest BCUT2D eigenvalue weighted by atomic mass is 16.5. The summed E-state index contributed by atoms with van der Waals surface area (Å²) in [5.74, 6) is -1.00. The number of amides is 1. The molecule has 1 saturated carbocycles. The summed E-state index contributed by atoms with van der Waals surface area (Å²) >= 11 is 0. The predicted octanol–water partition coefficient (Wildman–Crippen LogP) is 2.73. The summed E-state index contributed by atoms with van der Waals surface area (Å²) in [7, 11) is 4.89. The van der Waals surface area contributed by atoms with Crippen LogP contribution in [0.15, 0.2) is 48.6 Å². The Bertz CT molecular complexity index is 2120. The van der Waals surface area contributed by atoms with E-state index in [-0.39, 0.29) is 12.0 Å². The van der Waals surface area contributed by atoms with E-state index in [9.17, 15) is 20.1 Å². The van der Waals surface area contributed by atoms with Crippen molar-refractivity contribution >= 4 is 28.5 Å². The Morgan fingerprint density at radius 1 is 1.04 bits per heavy atom. The zero-order valence-corrected chi connectivity index (χ0v) is 32.6. The van der Waals surface area contributed by atoms with Crippen molar-refractivity contribution in [2.45, 2.75) is 92.6 Å². The number of nitrogens with one attached hydrogen (secondary N) is 1. The minimum Gasteiger partial charge on any atom is -0.496 e. The molecule has 10 atom stereocenters. The van der Waals surface area contributed by atoms with Crippen molar-refractivity contribution in [3.8, 4) is 5.75 Å². The van der Waals surface area contributed by atoms with Crippen LogP contribution in [0.2, 0.25) is 0 Å². The van der Waals surface area contributed by atoms with E-state index in [0.29, 0.717) is 69.5 Å². The Kier molecular flexibility index (Phi) is 8.19. The number of carbonyl (C=O) groups is 2. The number of benzene rings is 2. The molecule has 55 heavy (non-hydrogen) atoms. The van der Waals surface area contributed by atoms with Crippen LogP contribution in [0.4, 0.5) is 5.69 Å². The number of H-pyrrole nitrogens is 1. The largest absolute Gasteiger partial charge is 0.496 e. The monoisotopic (exact) mass is 753 g/mol. The minimum absolute atomic E-state index is 0.0790. The molecule has 0 radical (unpaired) electrons. The number of aliphatic hydroxyl groups is 3. The fraction of sp³-hybridized carbons (Fsp3) is 0.581. The van der Waals surface area contributed by atoms with Crippen LogP contribution in [-0.4, -0.2) is 125 Å². The topological polar surface area (TPSA) is 165 Å². The highest BCUT2D eigenvalue weighted by molar-refractivity contribution is 5.95. The third-order valence-electron chi connectivity index (χ3n) is 15.2. The first-order chi connectivity index (χ1) is 26.3. The van der Waals surface area contributed by atoms with Crippen molar-refractivity contribution in [1.29, 1.82) is 0 Å². The smallest absolute Gasteiger partial charge is 0.322 e. The highest BCUT2D eigenvalue weighted by Crippen LogP contribution is 2.67. The maximum absolute atomic E-state index is 15.2. The van der Waals surface area contributed by atoms with Crippen LogP contribution in [0.1, 0.15) is 68.3 Å². The number of ether oxygens (including phenoxy) is 2. The third-order valence-corrected chi connectivity index (χ3v) is 15.2. The lowest BCUT2D eigenvalue weighted by Gasteiger charge is -2.63. The zero-order valence-electron chi connectivity index (χ0n) is 32.6. The van der Waals surface area contributed by atoms with Gasteiger partial charge in [-0.05, 0) is 74.2 Å². The van der Waals surface area contributed by atoms with E-state index in [0.717, 1.165) is 46.5 Å². The number of methoxy groups -OCH3 is 2. The molecule has 1 aliphatic carbocycles. The van der Waals surface area contributed by atoms with Crippen LogP contribution in [0.3, 0.4) is 0 Å². The number of aromatic nitrogens is 1. The number of nitrogens with zero attached hydrogens (tertiary/aromatic N) is 3. The first kappa shape index (κ1) is 36.7. The Balaban J connectivity index is 1.36. The van der Waals surface area contributed by atoms with Gasteiger partial charge < -0.3 is 40.4 Å². The fourth-order valence-electron chi connectivity index (χ4n) is 13.1. The number of fused-ring (bicyclic) bond motifs is 6. The van der Waals surface area contributed by atoms with Gasteiger partial charge in [0.05, 0.1) is 25.9 Å². The fourth-order valence-corrected chi connectivity index (χ4v) is 13.1. The molecule has 1 amide bonds. The summed E-state index contributed by atoms with van der Waals surface area (Å²) < 4.78 is 12.2. The van der Waals surface area contributed by atoms with Gasteiger partial charge in [-0.25, -0.2) is 0 Å². The van der Waals surface area contributed by atoms with Gasteiger partial charge in [0.25, 0.3) is 5.91 Å². The van der Waals surface area contributed by atoms with Gasteiger partial charge in [-0.15, -0.1) is 0 Å². The molecule has 2 bridgehead atoms. The van der Waals surface area contributed by atoms with Crippen LogP contribution in [0, 0.1) is 11.3 Å². The van der Waals surface area contributed by atoms with Crippen molar-refractivity contribution < 1.29 is 34.4 Å². The second kappa shape index (κ2) is 12.3. The van der Waals surface area contributed by atoms with E-state index in [2.05, 4.69) is 26.9 Å². The van der Waals surface area contributed by atoms with Crippen LogP contribution in [-0.2, 0) is 31.6 Å². The first-order valence-corrected chi connectivity index (χ1v) is 20.0. The molecule has 5 aliphatic heterocycles. The van der Waals surface area contributed by atoms with E-state index in [4.69, 9.17) is 15.2 Å². The normalized spacial score (nSPS) is 39.0. The molecule has 4 unspecified atom stereocenters. The third kappa shape index (κ3) is 4.51. The molecule has 6 aliphatic rings. The highest BCUT2D eigenvalue weighted by Gasteiger charge is 2.78. The Labute approximate surface area is 322 Å². The van der Waals surface area contributed by atoms with E-state index in [1.807, 2.05) is 62.2 Å². The molecule has 2 aromatic carbocycles. The lowest BCUT2D eigenvalue weighted by molar-refractivity contribution is -0.201. The number of nitrogens with two attached hydrogens (primary N) is 1. The zero-order chi connectivity index (χ0) is 38.9. The lowest BCUT2D eigenvalue weighted by Crippen LogP contribution is -2.81. The van der Waals surface area contributed by atoms with Gasteiger partial charge in [0.1, 0.15) is 17.3 Å². The molecule has 2 saturated heterocycles. The number of anilines is 1. The van der Waals surface area contributed by atoms with Crippen molar-refractivity contribution in [3.05, 3.63) is 70.9 Å². The van der Waals surface area contributed by atoms with Crippen molar-refractivity contribution in [2.24, 2.45) is 17.1 Å². The van der Waals surface area contributed by atoms with Gasteiger partial charge in [-0.1, -0.05) is 44.2 Å². The number of carbonyl (C=O) groups excluding carboxylic acids is 2. The Morgan fingerprint density at radius 3 is 2.53 bits per heavy atom. The minimum atomic E-state index is -2.30. The predicted molar refractivity (Wildman–Crippen MR) is 208 cm³/mol. The van der Waals surface area contributed by atoms with Gasteiger partial charge in [0, 0.05) is 84.0 Å². The summed E-state index contributed by atoms with van der Waals surface area (Å²) in [4.78, 5) is 39.3. The number of para-hydroxylation sites is 1. The lowest BCUT2D eigenvalue weighted by atomic mass is 9.47. The number of likely N-dealkylation sites (N-methyl/N-ethyl adjacent to an activating group) is 1. The number of hydrogen-bond acceptors (Lipinski definition) is 10. The quantitative estimate of drug-likeness (QED) is 0.187. The second-order valence-electron chi connectivity index (χ2n) is 17.5. The van der Waals surface area contributed by atoms with E-state index >= 15 is 4.79 Å². The van der Waals surface area contributed by atoms with Crippen LogP contribution in [0.25, 0.3) is 10.9 Å². The number of esters is 1. The van der Waals surface area contributed by atoms with Crippen molar-refractivity contribution in [3.63, 3.8) is 0 Å². The maximum Gasteiger partial charge on any atom is 0.322 e. The summed E-state index contributed by atoms with van der Waals surface area (Å²) in [6.45, 7) is 7.39. The number of hydrogen-bond donors (Lipinski definition) is 5. The van der Waals surface area contributed by atoms with Gasteiger partial charge in [-0.2, -0.15) is 0 Å². The molecule has 294 valence electrons. The molecule has 6 N–H and O–H groups in total. The number of aromatic amines is 1. The van der Waals surface area contributed by atoms with Crippen molar-refractivity contribution in [2.75, 3.05) is 58.9 Å². The van der Waals surface area contributed by atoms with E-state index in [1.165, 1.54) is 7.11 Å². The summed E-state index contributed by atoms with van der Waals surface area (Å²) in [5, 5.41) is 38.0. The summed E-state index contributed by atoms with van der Waals surface area (Å²) in [6, 6.07) is 11.0. The average molecular weight is 754 g/mol. The molecule has 6 heterocycles. The first-order valence-electron chi connectivity index (χ1n) is 20.0. The van der Waals surface area contributed by atoms with Gasteiger partial charge in [0.15, 0.2) is 5.60 Å². The van der Waals surface area contributed by atoms with Gasteiger partial charge in [0.2, 0.25) is 0 Å². The maximum atomic E-state index is 15.2. The number of primary amides is 1. The SMILES string of the molecule is CCC1(O)C[C@H]2CN(CCc3c([nH]c4ccccc34)[C@@](C(=O)OC)(c3cc4c(cc3OC)N(C)C3[C@]45CCN4CC=C[C@](CC)(C45)[C@@H](O)[C@]3(O)C(N)=O)C2)C1. The van der Waals surface area contributed by atoms with Gasteiger partial charge in [-0.3, -0.25) is 19.4 Å². The number of aliphatic hydroxyl groups excluding tert-OH is 1. The Hall–Kier alpha value is -3.94. The van der Waals surface area contributed by atoms with Crippen LogP contribution >= 0.6 is 0 Å². The molecular formula is C43H55N5O7. The molecule has 3 fully saturated rings. The molecule has 12 heteroatoms. The van der Waals surface area contributed by atoms with E-state index < -0.39 is 51.5 Å². The molecule has 3 aromatic rings. The van der Waals surface area contributed by atoms with Crippen LogP contribution in [0.5, 0.6) is 5.75 Å². The van der Waals surface area contributed by atoms with E-state index in [1.54, 1.807) is 7.11 Å². The average Bonchev–Trinajstić information content (AvgIpc) is 3.84. The molecular weight excluding hydrogens is 699 g/mol.